The fraction of sp³-hybridized carbons (Fsp3) is 0.0476. The average molecular weight is 333 g/mol. The van der Waals surface area contributed by atoms with Gasteiger partial charge in [-0.1, -0.05) is 42.5 Å². The highest BCUT2D eigenvalue weighted by molar-refractivity contribution is 6.09. The Morgan fingerprint density at radius 1 is 0.800 bits per heavy atom. The molecule has 25 heavy (non-hydrogen) atoms. The number of rotatable bonds is 5. The highest BCUT2D eigenvalue weighted by atomic mass is 19.1. The molecule has 0 aromatic heterocycles. The molecule has 3 rings (SSSR count). The second-order valence-corrected chi connectivity index (χ2v) is 5.63. The summed E-state index contributed by atoms with van der Waals surface area (Å²) in [5.74, 6) is -0.768. The third kappa shape index (κ3) is 4.38. The largest absolute Gasteiger partial charge is 0.326 e. The van der Waals surface area contributed by atoms with Gasteiger partial charge in [-0.15, -0.1) is 0 Å². The van der Waals surface area contributed by atoms with Gasteiger partial charge >= 0.3 is 0 Å². The van der Waals surface area contributed by atoms with Crippen LogP contribution in [0.15, 0.2) is 78.9 Å². The third-order valence-corrected chi connectivity index (χ3v) is 3.72. The number of amides is 1. The number of carbonyl (C=O) groups excluding carboxylic acids is 2. The number of nitrogens with one attached hydrogen (secondary N) is 1. The van der Waals surface area contributed by atoms with E-state index in [1.165, 1.54) is 24.3 Å². The molecule has 3 aromatic carbocycles. The Bertz CT molecular complexity index is 889. The van der Waals surface area contributed by atoms with Crippen molar-refractivity contribution >= 4 is 17.4 Å². The molecule has 3 nitrogen and oxygen atoms in total. The Balaban J connectivity index is 1.72. The van der Waals surface area contributed by atoms with E-state index in [0.717, 1.165) is 5.56 Å². The highest BCUT2D eigenvalue weighted by Crippen LogP contribution is 2.16. The van der Waals surface area contributed by atoms with Gasteiger partial charge in [0.1, 0.15) is 5.82 Å². The van der Waals surface area contributed by atoms with Crippen molar-refractivity contribution in [2.45, 2.75) is 6.42 Å². The van der Waals surface area contributed by atoms with Crippen molar-refractivity contribution in [2.75, 3.05) is 5.32 Å². The maximum absolute atomic E-state index is 13.0. The maximum atomic E-state index is 13.0. The normalized spacial score (nSPS) is 10.3. The minimum atomic E-state index is -0.390. The average Bonchev–Trinajstić information content (AvgIpc) is 2.63. The van der Waals surface area contributed by atoms with Gasteiger partial charge in [0, 0.05) is 16.8 Å². The summed E-state index contributed by atoms with van der Waals surface area (Å²) in [5.41, 5.74) is 2.30. The quantitative estimate of drug-likeness (QED) is 0.710. The van der Waals surface area contributed by atoms with E-state index >= 15 is 0 Å². The van der Waals surface area contributed by atoms with Crippen molar-refractivity contribution in [3.05, 3.63) is 101 Å². The molecule has 1 N–H and O–H groups in total. The van der Waals surface area contributed by atoms with Crippen molar-refractivity contribution in [1.29, 1.82) is 0 Å². The third-order valence-electron chi connectivity index (χ3n) is 3.72. The van der Waals surface area contributed by atoms with E-state index < -0.39 is 5.82 Å². The summed E-state index contributed by atoms with van der Waals surface area (Å²) in [6, 6.07) is 21.5. The Hall–Kier alpha value is -3.27. The van der Waals surface area contributed by atoms with E-state index in [4.69, 9.17) is 0 Å². The Kier molecular flexibility index (Phi) is 5.00. The van der Waals surface area contributed by atoms with Crippen LogP contribution in [-0.2, 0) is 11.2 Å². The lowest BCUT2D eigenvalue weighted by molar-refractivity contribution is -0.115. The summed E-state index contributed by atoms with van der Waals surface area (Å²) in [4.78, 5) is 24.6. The number of ketones is 1. The molecule has 1 amide bonds. The zero-order chi connectivity index (χ0) is 17.6. The second kappa shape index (κ2) is 7.53. The van der Waals surface area contributed by atoms with Crippen molar-refractivity contribution < 1.29 is 14.0 Å². The van der Waals surface area contributed by atoms with Crippen molar-refractivity contribution in [3.63, 3.8) is 0 Å². The lowest BCUT2D eigenvalue weighted by atomic mass is 10.0. The van der Waals surface area contributed by atoms with E-state index in [1.54, 1.807) is 24.3 Å². The number of hydrogen-bond acceptors (Lipinski definition) is 2. The van der Waals surface area contributed by atoms with Gasteiger partial charge < -0.3 is 5.32 Å². The van der Waals surface area contributed by atoms with Crippen LogP contribution in [0.3, 0.4) is 0 Å². The Morgan fingerprint density at radius 3 is 2.24 bits per heavy atom. The van der Waals surface area contributed by atoms with Crippen molar-refractivity contribution in [2.24, 2.45) is 0 Å². The molecule has 124 valence electrons. The van der Waals surface area contributed by atoms with Crippen LogP contribution in [-0.4, -0.2) is 11.7 Å². The molecule has 0 aliphatic carbocycles. The van der Waals surface area contributed by atoms with Crippen molar-refractivity contribution in [1.82, 2.24) is 0 Å². The molecular formula is C21H16FNO2. The molecular weight excluding hydrogens is 317 g/mol. The van der Waals surface area contributed by atoms with Gasteiger partial charge in [0.15, 0.2) is 5.78 Å². The fourth-order valence-electron chi connectivity index (χ4n) is 2.49. The van der Waals surface area contributed by atoms with Crippen LogP contribution in [0.25, 0.3) is 0 Å². The van der Waals surface area contributed by atoms with Gasteiger partial charge in [0.25, 0.3) is 0 Å². The lowest BCUT2D eigenvalue weighted by Crippen LogP contribution is -2.14. The number of anilines is 1. The molecule has 0 atom stereocenters. The van der Waals surface area contributed by atoms with Crippen LogP contribution in [0.4, 0.5) is 10.1 Å². The molecule has 4 heteroatoms. The maximum Gasteiger partial charge on any atom is 0.228 e. The van der Waals surface area contributed by atoms with Gasteiger partial charge in [-0.05, 0) is 42.0 Å². The summed E-state index contributed by atoms with van der Waals surface area (Å²) in [5, 5.41) is 2.80. The molecule has 0 heterocycles. The van der Waals surface area contributed by atoms with Gasteiger partial charge in [-0.3, -0.25) is 9.59 Å². The van der Waals surface area contributed by atoms with E-state index in [-0.39, 0.29) is 18.1 Å². The Morgan fingerprint density at radius 2 is 1.52 bits per heavy atom. The van der Waals surface area contributed by atoms with E-state index in [2.05, 4.69) is 5.32 Å². The number of hydrogen-bond donors (Lipinski definition) is 1. The standard InChI is InChI=1S/C21H16FNO2/c22-18-11-9-16(10-12-18)21(25)17-7-4-8-19(14-17)23-20(24)13-15-5-2-1-3-6-15/h1-12,14H,13H2,(H,23,24). The van der Waals surface area contributed by atoms with E-state index in [1.807, 2.05) is 30.3 Å². The smallest absolute Gasteiger partial charge is 0.228 e. The number of carbonyl (C=O) groups is 2. The van der Waals surface area contributed by atoms with Crippen molar-refractivity contribution in [3.8, 4) is 0 Å². The molecule has 0 unspecified atom stereocenters. The van der Waals surface area contributed by atoms with Crippen LogP contribution in [0.1, 0.15) is 21.5 Å². The van der Waals surface area contributed by atoms with Crippen LogP contribution >= 0.6 is 0 Å². The zero-order valence-corrected chi connectivity index (χ0v) is 13.4. The van der Waals surface area contributed by atoms with Crippen LogP contribution in [0.5, 0.6) is 0 Å². The minimum absolute atomic E-state index is 0.155. The minimum Gasteiger partial charge on any atom is -0.326 e. The molecule has 0 aliphatic rings. The molecule has 0 spiro atoms. The monoisotopic (exact) mass is 333 g/mol. The fourth-order valence-corrected chi connectivity index (χ4v) is 2.49. The van der Waals surface area contributed by atoms with Crippen LogP contribution < -0.4 is 5.32 Å². The van der Waals surface area contributed by atoms with Gasteiger partial charge in [0.2, 0.25) is 5.91 Å². The van der Waals surface area contributed by atoms with Gasteiger partial charge in [0.05, 0.1) is 6.42 Å². The highest BCUT2D eigenvalue weighted by Gasteiger charge is 2.11. The SMILES string of the molecule is O=C(Cc1ccccc1)Nc1cccc(C(=O)c2ccc(F)cc2)c1. The van der Waals surface area contributed by atoms with Crippen LogP contribution in [0.2, 0.25) is 0 Å². The summed E-state index contributed by atoms with van der Waals surface area (Å²) in [7, 11) is 0. The number of halogens is 1. The molecule has 0 radical (unpaired) electrons. The Labute approximate surface area is 145 Å². The lowest BCUT2D eigenvalue weighted by Gasteiger charge is -2.07. The van der Waals surface area contributed by atoms with E-state index in [9.17, 15) is 14.0 Å². The predicted octanol–water partition coefficient (Wildman–Crippen LogP) is 4.24. The first-order chi connectivity index (χ1) is 12.1. The second-order valence-electron chi connectivity index (χ2n) is 5.63. The molecule has 0 saturated carbocycles. The molecule has 3 aromatic rings. The predicted molar refractivity (Wildman–Crippen MR) is 95.1 cm³/mol. The summed E-state index contributed by atoms with van der Waals surface area (Å²) >= 11 is 0. The molecule has 0 bridgehead atoms. The molecule has 0 aliphatic heterocycles. The van der Waals surface area contributed by atoms with Gasteiger partial charge in [-0.25, -0.2) is 4.39 Å². The molecule has 0 saturated heterocycles. The summed E-state index contributed by atoms with van der Waals surface area (Å²) in [6.45, 7) is 0. The topological polar surface area (TPSA) is 46.2 Å². The first-order valence-corrected chi connectivity index (χ1v) is 7.86. The zero-order valence-electron chi connectivity index (χ0n) is 13.4. The van der Waals surface area contributed by atoms with Gasteiger partial charge in [-0.2, -0.15) is 0 Å². The summed E-state index contributed by atoms with van der Waals surface area (Å²) in [6.07, 6.45) is 0.261. The van der Waals surface area contributed by atoms with E-state index in [0.29, 0.717) is 16.8 Å². The van der Waals surface area contributed by atoms with Crippen LogP contribution in [0, 0.1) is 5.82 Å². The first kappa shape index (κ1) is 16.6. The first-order valence-electron chi connectivity index (χ1n) is 7.86. The summed E-state index contributed by atoms with van der Waals surface area (Å²) < 4.78 is 13.0. The number of benzene rings is 3. The molecule has 0 fully saturated rings.